The van der Waals surface area contributed by atoms with Crippen molar-refractivity contribution in [2.24, 2.45) is 0 Å². The van der Waals surface area contributed by atoms with E-state index in [-0.39, 0.29) is 0 Å². The van der Waals surface area contributed by atoms with E-state index >= 15 is 0 Å². The zero-order chi connectivity index (χ0) is 13.2. The Morgan fingerprint density at radius 3 is 2.95 bits per heavy atom. The second-order valence-corrected chi connectivity index (χ2v) is 4.84. The van der Waals surface area contributed by atoms with Gasteiger partial charge in [0.05, 0.1) is 11.9 Å². The Kier molecular flexibility index (Phi) is 3.03. The first-order chi connectivity index (χ1) is 9.22. The zero-order valence-corrected chi connectivity index (χ0v) is 11.1. The highest BCUT2D eigenvalue weighted by Crippen LogP contribution is 2.32. The minimum atomic E-state index is 0.313. The van der Waals surface area contributed by atoms with Crippen LogP contribution in [0, 0.1) is 0 Å². The van der Waals surface area contributed by atoms with Gasteiger partial charge in [-0.25, -0.2) is 0 Å². The molecule has 0 saturated heterocycles. The van der Waals surface area contributed by atoms with Gasteiger partial charge in [-0.3, -0.25) is 4.68 Å². The smallest absolute Gasteiger partial charge is 0.231 e. The lowest BCUT2D eigenvalue weighted by Gasteiger charge is -2.06. The fourth-order valence-electron chi connectivity index (χ4n) is 1.97. The molecule has 0 amide bonds. The summed E-state index contributed by atoms with van der Waals surface area (Å²) in [5, 5.41) is 7.64. The third-order valence-electron chi connectivity index (χ3n) is 3.06. The second kappa shape index (κ2) is 4.84. The molecule has 1 aromatic carbocycles. The standard InChI is InChI=1S/C14H17N3O2/c1-10(2)17-8-12(7-16-17)15-6-11-3-4-13-14(5-11)19-9-18-13/h3-5,7-8,10,15H,6,9H2,1-2H3. The van der Waals surface area contributed by atoms with Crippen molar-refractivity contribution < 1.29 is 9.47 Å². The van der Waals surface area contributed by atoms with Crippen molar-refractivity contribution in [2.45, 2.75) is 26.4 Å². The highest BCUT2D eigenvalue weighted by Gasteiger charge is 2.13. The molecule has 3 rings (SSSR count). The first kappa shape index (κ1) is 11.9. The van der Waals surface area contributed by atoms with Crippen molar-refractivity contribution >= 4 is 5.69 Å². The summed E-state index contributed by atoms with van der Waals surface area (Å²) < 4.78 is 12.6. The lowest BCUT2D eigenvalue weighted by molar-refractivity contribution is 0.174. The van der Waals surface area contributed by atoms with Crippen LogP contribution in [0.3, 0.4) is 0 Å². The summed E-state index contributed by atoms with van der Waals surface area (Å²) in [6, 6.07) is 6.35. The van der Waals surface area contributed by atoms with Crippen molar-refractivity contribution in [2.75, 3.05) is 12.1 Å². The van der Waals surface area contributed by atoms with Gasteiger partial charge in [-0.15, -0.1) is 0 Å². The Hall–Kier alpha value is -2.17. The number of nitrogens with one attached hydrogen (secondary N) is 1. The summed E-state index contributed by atoms with van der Waals surface area (Å²) in [5.41, 5.74) is 2.17. The monoisotopic (exact) mass is 259 g/mol. The Balaban J connectivity index is 1.65. The number of rotatable bonds is 4. The van der Waals surface area contributed by atoms with Gasteiger partial charge in [0.15, 0.2) is 11.5 Å². The number of ether oxygens (including phenoxy) is 2. The number of fused-ring (bicyclic) bond motifs is 1. The van der Waals surface area contributed by atoms with Gasteiger partial charge in [-0.2, -0.15) is 5.10 Å². The van der Waals surface area contributed by atoms with Crippen LogP contribution in [0.4, 0.5) is 5.69 Å². The van der Waals surface area contributed by atoms with Crippen molar-refractivity contribution in [1.82, 2.24) is 9.78 Å². The van der Waals surface area contributed by atoms with E-state index in [0.29, 0.717) is 12.8 Å². The van der Waals surface area contributed by atoms with E-state index in [1.54, 1.807) is 0 Å². The minimum Gasteiger partial charge on any atom is -0.454 e. The molecule has 0 atom stereocenters. The molecule has 2 heterocycles. The molecule has 1 aromatic heterocycles. The summed E-state index contributed by atoms with van der Waals surface area (Å²) in [6.45, 7) is 5.26. The largest absolute Gasteiger partial charge is 0.454 e. The Morgan fingerprint density at radius 2 is 2.16 bits per heavy atom. The molecule has 0 fully saturated rings. The number of anilines is 1. The van der Waals surface area contributed by atoms with Crippen LogP contribution in [0.5, 0.6) is 11.5 Å². The van der Waals surface area contributed by atoms with Crippen LogP contribution in [-0.4, -0.2) is 16.6 Å². The van der Waals surface area contributed by atoms with Crippen molar-refractivity contribution in [3.8, 4) is 11.5 Å². The summed E-state index contributed by atoms with van der Waals surface area (Å²) in [5.74, 6) is 1.63. The lowest BCUT2D eigenvalue weighted by Crippen LogP contribution is -2.01. The minimum absolute atomic E-state index is 0.313. The molecule has 2 aromatic rings. The third kappa shape index (κ3) is 2.50. The van der Waals surface area contributed by atoms with Crippen LogP contribution >= 0.6 is 0 Å². The maximum absolute atomic E-state index is 5.36. The van der Waals surface area contributed by atoms with E-state index in [1.807, 2.05) is 35.3 Å². The maximum Gasteiger partial charge on any atom is 0.231 e. The first-order valence-electron chi connectivity index (χ1n) is 6.39. The molecule has 0 unspecified atom stereocenters. The van der Waals surface area contributed by atoms with Crippen LogP contribution in [0.25, 0.3) is 0 Å². The summed E-state index contributed by atoms with van der Waals surface area (Å²) in [7, 11) is 0. The van der Waals surface area contributed by atoms with Crippen LogP contribution < -0.4 is 14.8 Å². The van der Waals surface area contributed by atoms with Crippen LogP contribution in [0.15, 0.2) is 30.6 Å². The van der Waals surface area contributed by atoms with E-state index in [2.05, 4.69) is 24.3 Å². The van der Waals surface area contributed by atoms with E-state index in [4.69, 9.17) is 9.47 Å². The summed E-state index contributed by atoms with van der Waals surface area (Å²) in [6.07, 6.45) is 3.85. The summed E-state index contributed by atoms with van der Waals surface area (Å²) in [4.78, 5) is 0. The third-order valence-corrected chi connectivity index (χ3v) is 3.06. The van der Waals surface area contributed by atoms with Crippen LogP contribution in [0.1, 0.15) is 25.5 Å². The molecule has 1 aliphatic heterocycles. The number of hydrogen-bond acceptors (Lipinski definition) is 4. The number of hydrogen-bond donors (Lipinski definition) is 1. The molecule has 19 heavy (non-hydrogen) atoms. The highest BCUT2D eigenvalue weighted by atomic mass is 16.7. The van der Waals surface area contributed by atoms with Crippen molar-refractivity contribution in [3.05, 3.63) is 36.2 Å². The Bertz CT molecular complexity index is 578. The molecule has 0 spiro atoms. The second-order valence-electron chi connectivity index (χ2n) is 4.84. The fraction of sp³-hybridized carbons (Fsp3) is 0.357. The molecule has 5 nitrogen and oxygen atoms in total. The first-order valence-corrected chi connectivity index (χ1v) is 6.39. The number of benzene rings is 1. The molecule has 100 valence electrons. The highest BCUT2D eigenvalue weighted by molar-refractivity contribution is 5.46. The van der Waals surface area contributed by atoms with Gasteiger partial charge in [0.1, 0.15) is 0 Å². The number of nitrogens with zero attached hydrogens (tertiary/aromatic N) is 2. The predicted molar refractivity (Wildman–Crippen MR) is 72.5 cm³/mol. The molecule has 0 bridgehead atoms. The molecule has 1 N–H and O–H groups in total. The van der Waals surface area contributed by atoms with E-state index in [9.17, 15) is 0 Å². The molecule has 5 heteroatoms. The SMILES string of the molecule is CC(C)n1cc(NCc2ccc3c(c2)OCO3)cn1. The van der Waals surface area contributed by atoms with Gasteiger partial charge in [-0.05, 0) is 31.5 Å². The zero-order valence-electron chi connectivity index (χ0n) is 11.1. The van der Waals surface area contributed by atoms with Gasteiger partial charge in [0, 0.05) is 18.8 Å². The molecule has 1 aliphatic rings. The van der Waals surface area contributed by atoms with Gasteiger partial charge < -0.3 is 14.8 Å². The van der Waals surface area contributed by atoms with Crippen LogP contribution in [-0.2, 0) is 6.54 Å². The van der Waals surface area contributed by atoms with Crippen LogP contribution in [0.2, 0.25) is 0 Å². The average Bonchev–Trinajstić information content (AvgIpc) is 3.04. The normalized spacial score (nSPS) is 13.0. The lowest BCUT2D eigenvalue weighted by atomic mass is 10.2. The molecular formula is C14H17N3O2. The molecule has 0 radical (unpaired) electrons. The molecule has 0 saturated carbocycles. The van der Waals surface area contributed by atoms with Gasteiger partial charge in [-0.1, -0.05) is 6.07 Å². The van der Waals surface area contributed by atoms with Crippen molar-refractivity contribution in [3.63, 3.8) is 0 Å². The predicted octanol–water partition coefficient (Wildman–Crippen LogP) is 2.80. The fourth-order valence-corrected chi connectivity index (χ4v) is 1.97. The van der Waals surface area contributed by atoms with Gasteiger partial charge >= 0.3 is 0 Å². The Morgan fingerprint density at radius 1 is 1.32 bits per heavy atom. The number of aromatic nitrogens is 2. The van der Waals surface area contributed by atoms with E-state index in [1.165, 1.54) is 0 Å². The van der Waals surface area contributed by atoms with Gasteiger partial charge in [0.25, 0.3) is 0 Å². The topological polar surface area (TPSA) is 48.3 Å². The average molecular weight is 259 g/mol. The van der Waals surface area contributed by atoms with E-state index < -0.39 is 0 Å². The van der Waals surface area contributed by atoms with Crippen molar-refractivity contribution in [1.29, 1.82) is 0 Å². The summed E-state index contributed by atoms with van der Waals surface area (Å²) >= 11 is 0. The molecular weight excluding hydrogens is 242 g/mol. The maximum atomic E-state index is 5.36. The van der Waals surface area contributed by atoms with Gasteiger partial charge in [0.2, 0.25) is 6.79 Å². The quantitative estimate of drug-likeness (QED) is 0.917. The Labute approximate surface area is 112 Å². The molecule has 0 aliphatic carbocycles. The van der Waals surface area contributed by atoms with E-state index in [0.717, 1.165) is 29.3 Å².